The number of carbonyl (C=O) groups is 1. The van der Waals surface area contributed by atoms with Crippen LogP contribution in [0.25, 0.3) is 5.65 Å². The van der Waals surface area contributed by atoms with Crippen molar-refractivity contribution >= 4 is 17.2 Å². The van der Waals surface area contributed by atoms with Gasteiger partial charge in [0.05, 0.1) is 23.4 Å². The zero-order valence-corrected chi connectivity index (χ0v) is 12.1. The molecule has 0 saturated heterocycles. The predicted octanol–water partition coefficient (Wildman–Crippen LogP) is 2.70. The number of hydrogen-bond donors (Lipinski definition) is 1. The molecule has 3 aromatic rings. The molecule has 0 fully saturated rings. The smallest absolute Gasteiger partial charge is 0.230 e. The number of amides is 1. The molecule has 0 bridgehead atoms. The summed E-state index contributed by atoms with van der Waals surface area (Å²) >= 11 is 0. The molecule has 0 spiro atoms. The van der Waals surface area contributed by atoms with Gasteiger partial charge in [0.25, 0.3) is 0 Å². The summed E-state index contributed by atoms with van der Waals surface area (Å²) in [6.45, 7) is 2.00. The molecule has 0 aliphatic heterocycles. The lowest BCUT2D eigenvalue weighted by Crippen LogP contribution is -2.15. The quantitative estimate of drug-likeness (QED) is 0.806. The van der Waals surface area contributed by atoms with E-state index in [0.717, 1.165) is 11.2 Å². The Morgan fingerprint density at radius 3 is 3.00 bits per heavy atom. The molecule has 1 aromatic carbocycles. The Bertz CT molecular complexity index is 889. The number of hydrogen-bond acceptors (Lipinski definition) is 3. The van der Waals surface area contributed by atoms with Gasteiger partial charge in [-0.3, -0.25) is 4.79 Å². The third kappa shape index (κ3) is 2.81. The van der Waals surface area contributed by atoms with Gasteiger partial charge < -0.3 is 9.72 Å². The minimum atomic E-state index is -0.192. The molecule has 0 saturated carbocycles. The van der Waals surface area contributed by atoms with E-state index in [2.05, 4.69) is 16.4 Å². The highest BCUT2D eigenvalue weighted by Crippen LogP contribution is 2.14. The van der Waals surface area contributed by atoms with Gasteiger partial charge in [0.2, 0.25) is 5.91 Å². The number of pyridine rings is 1. The summed E-state index contributed by atoms with van der Waals surface area (Å²) in [4.78, 5) is 16.6. The third-order valence-corrected chi connectivity index (χ3v) is 3.33. The monoisotopic (exact) mass is 290 g/mol. The average Bonchev–Trinajstić information content (AvgIpc) is 2.88. The molecule has 5 nitrogen and oxygen atoms in total. The average molecular weight is 290 g/mol. The van der Waals surface area contributed by atoms with Crippen LogP contribution in [0.1, 0.15) is 16.8 Å². The number of carbonyl (C=O) groups excluding carboxylic acids is 1. The van der Waals surface area contributed by atoms with Crippen molar-refractivity contribution in [1.82, 2.24) is 9.38 Å². The van der Waals surface area contributed by atoms with Gasteiger partial charge in [-0.05, 0) is 36.8 Å². The van der Waals surface area contributed by atoms with Crippen LogP contribution in [0.4, 0.5) is 5.69 Å². The normalized spacial score (nSPS) is 10.4. The molecule has 3 rings (SSSR count). The van der Waals surface area contributed by atoms with E-state index in [-0.39, 0.29) is 12.3 Å². The number of benzene rings is 1. The van der Waals surface area contributed by atoms with E-state index in [9.17, 15) is 4.79 Å². The van der Waals surface area contributed by atoms with Crippen molar-refractivity contribution in [3.63, 3.8) is 0 Å². The molecule has 0 aliphatic carbocycles. The maximum Gasteiger partial charge on any atom is 0.230 e. The minimum absolute atomic E-state index is 0.167. The highest BCUT2D eigenvalue weighted by atomic mass is 16.1. The van der Waals surface area contributed by atoms with Crippen LogP contribution in [-0.4, -0.2) is 15.3 Å². The number of fused-ring (bicyclic) bond motifs is 1. The lowest BCUT2D eigenvalue weighted by Gasteiger charge is -2.05. The first-order valence-corrected chi connectivity index (χ1v) is 6.89. The van der Waals surface area contributed by atoms with Crippen LogP contribution in [0, 0.1) is 18.3 Å². The largest absolute Gasteiger partial charge is 0.325 e. The van der Waals surface area contributed by atoms with Crippen LogP contribution in [0.5, 0.6) is 0 Å². The summed E-state index contributed by atoms with van der Waals surface area (Å²) in [5, 5.41) is 11.8. The van der Waals surface area contributed by atoms with E-state index in [1.807, 2.05) is 35.9 Å². The number of para-hydroxylation sites is 1. The van der Waals surface area contributed by atoms with Crippen LogP contribution >= 0.6 is 0 Å². The molecule has 0 atom stereocenters. The lowest BCUT2D eigenvalue weighted by molar-refractivity contribution is -0.115. The fraction of sp³-hybridized carbons (Fsp3) is 0.118. The first-order chi connectivity index (χ1) is 10.7. The number of aryl methyl sites for hydroxylation is 1. The van der Waals surface area contributed by atoms with Gasteiger partial charge in [-0.25, -0.2) is 4.98 Å². The van der Waals surface area contributed by atoms with Crippen LogP contribution in [0.2, 0.25) is 0 Å². The molecule has 1 amide bonds. The predicted molar refractivity (Wildman–Crippen MR) is 83.4 cm³/mol. The van der Waals surface area contributed by atoms with Gasteiger partial charge in [-0.15, -0.1) is 0 Å². The Morgan fingerprint density at radius 1 is 1.36 bits per heavy atom. The van der Waals surface area contributed by atoms with E-state index in [0.29, 0.717) is 16.9 Å². The van der Waals surface area contributed by atoms with Crippen molar-refractivity contribution in [2.45, 2.75) is 13.3 Å². The molecule has 0 unspecified atom stereocenters. The molecule has 2 aromatic heterocycles. The van der Waals surface area contributed by atoms with Crippen LogP contribution in [-0.2, 0) is 11.2 Å². The van der Waals surface area contributed by atoms with E-state index in [1.54, 1.807) is 24.3 Å². The van der Waals surface area contributed by atoms with E-state index in [4.69, 9.17) is 5.26 Å². The number of nitrogens with zero attached hydrogens (tertiary/aromatic N) is 3. The molecule has 22 heavy (non-hydrogen) atoms. The molecule has 2 heterocycles. The van der Waals surface area contributed by atoms with Crippen molar-refractivity contribution in [2.24, 2.45) is 0 Å². The SMILES string of the molecule is Cc1ccn2cc(CC(=O)Nc3ccccc3C#N)nc2c1. The maximum atomic E-state index is 12.1. The number of anilines is 1. The summed E-state index contributed by atoms with van der Waals surface area (Å²) in [6, 6.07) is 12.9. The lowest BCUT2D eigenvalue weighted by atomic mass is 10.2. The Balaban J connectivity index is 1.77. The van der Waals surface area contributed by atoms with Crippen LogP contribution in [0.3, 0.4) is 0 Å². The zero-order chi connectivity index (χ0) is 15.5. The van der Waals surface area contributed by atoms with Crippen molar-refractivity contribution in [3.8, 4) is 6.07 Å². The van der Waals surface area contributed by atoms with Crippen LogP contribution in [0.15, 0.2) is 48.8 Å². The Hall–Kier alpha value is -3.13. The molecule has 1 N–H and O–H groups in total. The van der Waals surface area contributed by atoms with Gasteiger partial charge >= 0.3 is 0 Å². The number of nitriles is 1. The molecule has 0 radical (unpaired) electrons. The number of nitrogens with one attached hydrogen (secondary N) is 1. The van der Waals surface area contributed by atoms with Crippen LogP contribution < -0.4 is 5.32 Å². The maximum absolute atomic E-state index is 12.1. The highest BCUT2D eigenvalue weighted by Gasteiger charge is 2.10. The van der Waals surface area contributed by atoms with Crippen molar-refractivity contribution in [3.05, 3.63) is 65.6 Å². The second kappa shape index (κ2) is 5.70. The van der Waals surface area contributed by atoms with Gasteiger partial charge in [0, 0.05) is 12.4 Å². The molecular weight excluding hydrogens is 276 g/mol. The number of rotatable bonds is 3. The number of imidazole rings is 1. The summed E-state index contributed by atoms with van der Waals surface area (Å²) in [5.41, 5.74) is 3.60. The minimum Gasteiger partial charge on any atom is -0.325 e. The topological polar surface area (TPSA) is 70.2 Å². The second-order valence-electron chi connectivity index (χ2n) is 5.08. The zero-order valence-electron chi connectivity index (χ0n) is 12.1. The van der Waals surface area contributed by atoms with Crippen molar-refractivity contribution < 1.29 is 4.79 Å². The summed E-state index contributed by atoms with van der Waals surface area (Å²) < 4.78 is 1.89. The van der Waals surface area contributed by atoms with Gasteiger partial charge in [0.1, 0.15) is 11.7 Å². The standard InChI is InChI=1S/C17H14N4O/c1-12-6-7-21-11-14(19-16(21)8-12)9-17(22)20-15-5-3-2-4-13(15)10-18/h2-8,11H,9H2,1H3,(H,20,22). The summed E-state index contributed by atoms with van der Waals surface area (Å²) in [5.74, 6) is -0.192. The third-order valence-electron chi connectivity index (χ3n) is 3.33. The summed E-state index contributed by atoms with van der Waals surface area (Å²) in [7, 11) is 0. The first kappa shape index (κ1) is 13.8. The second-order valence-corrected chi connectivity index (χ2v) is 5.08. The van der Waals surface area contributed by atoms with E-state index >= 15 is 0 Å². The fourth-order valence-electron chi connectivity index (χ4n) is 2.27. The molecule has 0 aliphatic rings. The van der Waals surface area contributed by atoms with E-state index in [1.165, 1.54) is 0 Å². The molecular formula is C17H14N4O. The van der Waals surface area contributed by atoms with E-state index < -0.39 is 0 Å². The summed E-state index contributed by atoms with van der Waals surface area (Å²) in [6.07, 6.45) is 3.93. The Kier molecular flexibility index (Phi) is 3.58. The Morgan fingerprint density at radius 2 is 2.18 bits per heavy atom. The van der Waals surface area contributed by atoms with Gasteiger partial charge in [-0.2, -0.15) is 5.26 Å². The Labute approximate surface area is 127 Å². The fourth-order valence-corrected chi connectivity index (χ4v) is 2.27. The van der Waals surface area contributed by atoms with Crippen molar-refractivity contribution in [1.29, 1.82) is 5.26 Å². The van der Waals surface area contributed by atoms with Crippen molar-refractivity contribution in [2.75, 3.05) is 5.32 Å². The van der Waals surface area contributed by atoms with Gasteiger partial charge in [-0.1, -0.05) is 12.1 Å². The highest BCUT2D eigenvalue weighted by molar-refractivity contribution is 5.93. The first-order valence-electron chi connectivity index (χ1n) is 6.89. The van der Waals surface area contributed by atoms with Gasteiger partial charge in [0.15, 0.2) is 0 Å². The molecule has 108 valence electrons. The molecule has 5 heteroatoms. The number of aromatic nitrogens is 2.